The van der Waals surface area contributed by atoms with E-state index in [9.17, 15) is 0 Å². The summed E-state index contributed by atoms with van der Waals surface area (Å²) in [6.45, 7) is 7.45. The van der Waals surface area contributed by atoms with E-state index in [1.807, 2.05) is 0 Å². The fourth-order valence-corrected chi connectivity index (χ4v) is 1.88. The van der Waals surface area contributed by atoms with Gasteiger partial charge in [0.15, 0.2) is 0 Å². The van der Waals surface area contributed by atoms with Crippen LogP contribution in [0.1, 0.15) is 33.1 Å². The van der Waals surface area contributed by atoms with Crippen molar-refractivity contribution in [3.63, 3.8) is 0 Å². The number of nitrogens with one attached hydrogen (secondary N) is 1. The highest BCUT2D eigenvalue weighted by Crippen LogP contribution is 2.22. The van der Waals surface area contributed by atoms with Crippen molar-refractivity contribution >= 4 is 11.6 Å². The van der Waals surface area contributed by atoms with E-state index < -0.39 is 0 Å². The van der Waals surface area contributed by atoms with E-state index in [1.165, 1.54) is 6.42 Å². The normalized spacial score (nSPS) is 22.9. The summed E-state index contributed by atoms with van der Waals surface area (Å²) in [6, 6.07) is 0.574. The molecule has 2 nitrogen and oxygen atoms in total. The smallest absolute Gasteiger partial charge is 0.0620 e. The van der Waals surface area contributed by atoms with Crippen LogP contribution in [0.15, 0.2) is 0 Å². The van der Waals surface area contributed by atoms with Crippen LogP contribution in [0.3, 0.4) is 0 Å². The molecule has 3 heteroatoms. The van der Waals surface area contributed by atoms with Crippen molar-refractivity contribution in [2.24, 2.45) is 5.41 Å². The Morgan fingerprint density at radius 2 is 2.29 bits per heavy atom. The molecular formula is C11H22ClNO. The lowest BCUT2D eigenvalue weighted by molar-refractivity contribution is 0.186. The molecular weight excluding hydrogens is 198 g/mol. The Kier molecular flexibility index (Phi) is 5.21. The van der Waals surface area contributed by atoms with Crippen LogP contribution in [0.4, 0.5) is 0 Å². The van der Waals surface area contributed by atoms with Gasteiger partial charge in [-0.05, 0) is 24.7 Å². The summed E-state index contributed by atoms with van der Waals surface area (Å²) in [4.78, 5) is 0. The molecule has 1 heterocycles. The Bertz CT molecular complexity index is 155. The summed E-state index contributed by atoms with van der Waals surface area (Å²) in [7, 11) is 0. The molecule has 0 radical (unpaired) electrons. The maximum atomic E-state index is 5.69. The van der Waals surface area contributed by atoms with E-state index in [0.29, 0.717) is 11.5 Å². The van der Waals surface area contributed by atoms with E-state index >= 15 is 0 Å². The van der Waals surface area contributed by atoms with Gasteiger partial charge in [-0.2, -0.15) is 0 Å². The van der Waals surface area contributed by atoms with Gasteiger partial charge in [-0.25, -0.2) is 0 Å². The van der Waals surface area contributed by atoms with Crippen molar-refractivity contribution in [2.75, 3.05) is 25.6 Å². The topological polar surface area (TPSA) is 21.3 Å². The minimum Gasteiger partial charge on any atom is -0.380 e. The van der Waals surface area contributed by atoms with E-state index in [4.69, 9.17) is 16.3 Å². The van der Waals surface area contributed by atoms with E-state index in [0.717, 1.165) is 38.5 Å². The lowest BCUT2D eigenvalue weighted by atomic mass is 9.88. The Balaban J connectivity index is 2.14. The Hall–Kier alpha value is 0.210. The number of halogens is 1. The molecule has 1 rings (SSSR count). The van der Waals surface area contributed by atoms with E-state index in [2.05, 4.69) is 19.2 Å². The predicted molar refractivity (Wildman–Crippen MR) is 61.0 cm³/mol. The average molecular weight is 220 g/mol. The van der Waals surface area contributed by atoms with Gasteiger partial charge >= 0.3 is 0 Å². The van der Waals surface area contributed by atoms with Crippen LogP contribution < -0.4 is 5.32 Å². The zero-order chi connectivity index (χ0) is 10.4. The first-order valence-electron chi connectivity index (χ1n) is 5.51. The minimum atomic E-state index is 0.359. The van der Waals surface area contributed by atoms with Crippen LogP contribution >= 0.6 is 11.6 Å². The molecule has 0 bridgehead atoms. The molecule has 1 saturated heterocycles. The summed E-state index contributed by atoms with van der Waals surface area (Å²) >= 11 is 5.69. The lowest BCUT2D eigenvalue weighted by Crippen LogP contribution is -2.37. The van der Waals surface area contributed by atoms with Crippen LogP contribution in [0.25, 0.3) is 0 Å². The summed E-state index contributed by atoms with van der Waals surface area (Å²) in [5.74, 6) is 0.774. The van der Waals surface area contributed by atoms with Crippen LogP contribution in [0, 0.1) is 5.41 Å². The molecule has 0 aromatic heterocycles. The standard InChI is InChI=1S/C11H22ClNO/c1-11(2,5-3-6-12)9-13-10-4-7-14-8-10/h10,13H,3-9H2,1-2H3. The van der Waals surface area contributed by atoms with Crippen LogP contribution in [-0.2, 0) is 4.74 Å². The molecule has 1 atom stereocenters. The Morgan fingerprint density at radius 1 is 1.50 bits per heavy atom. The van der Waals surface area contributed by atoms with Gasteiger partial charge in [0.2, 0.25) is 0 Å². The van der Waals surface area contributed by atoms with Crippen LogP contribution in [0.5, 0.6) is 0 Å². The fraction of sp³-hybridized carbons (Fsp3) is 1.00. The van der Waals surface area contributed by atoms with Crippen molar-refractivity contribution < 1.29 is 4.74 Å². The maximum Gasteiger partial charge on any atom is 0.0620 e. The molecule has 1 unspecified atom stereocenters. The first-order valence-corrected chi connectivity index (χ1v) is 6.04. The SMILES string of the molecule is CC(C)(CCCCl)CNC1CCOC1. The van der Waals surface area contributed by atoms with Crippen molar-refractivity contribution in [1.29, 1.82) is 0 Å². The van der Waals surface area contributed by atoms with E-state index in [-0.39, 0.29) is 0 Å². The van der Waals surface area contributed by atoms with Crippen molar-refractivity contribution in [3.8, 4) is 0 Å². The van der Waals surface area contributed by atoms with Crippen molar-refractivity contribution in [1.82, 2.24) is 5.32 Å². The summed E-state index contributed by atoms with van der Waals surface area (Å²) in [6.07, 6.45) is 3.46. The van der Waals surface area contributed by atoms with Gasteiger partial charge in [0, 0.05) is 25.1 Å². The highest BCUT2D eigenvalue weighted by molar-refractivity contribution is 6.17. The molecule has 0 saturated carbocycles. The molecule has 0 aliphatic carbocycles. The molecule has 0 amide bonds. The second-order valence-corrected chi connectivity index (χ2v) is 5.28. The Morgan fingerprint density at radius 3 is 2.86 bits per heavy atom. The van der Waals surface area contributed by atoms with Crippen LogP contribution in [0.2, 0.25) is 0 Å². The van der Waals surface area contributed by atoms with Gasteiger partial charge in [-0.15, -0.1) is 11.6 Å². The first-order chi connectivity index (χ1) is 6.64. The van der Waals surface area contributed by atoms with Crippen molar-refractivity contribution in [2.45, 2.75) is 39.2 Å². The Labute approximate surface area is 92.3 Å². The van der Waals surface area contributed by atoms with Gasteiger partial charge in [-0.1, -0.05) is 13.8 Å². The van der Waals surface area contributed by atoms with Gasteiger partial charge in [0.25, 0.3) is 0 Å². The average Bonchev–Trinajstić information content (AvgIpc) is 2.64. The quantitative estimate of drug-likeness (QED) is 0.693. The molecule has 0 aromatic carbocycles. The lowest BCUT2D eigenvalue weighted by Gasteiger charge is -2.26. The molecule has 84 valence electrons. The first kappa shape index (κ1) is 12.3. The highest BCUT2D eigenvalue weighted by Gasteiger charge is 2.21. The zero-order valence-electron chi connectivity index (χ0n) is 9.31. The maximum absolute atomic E-state index is 5.69. The number of ether oxygens (including phenoxy) is 1. The molecule has 1 fully saturated rings. The number of rotatable bonds is 6. The van der Waals surface area contributed by atoms with Gasteiger partial charge in [0.05, 0.1) is 6.61 Å². The molecule has 1 N–H and O–H groups in total. The van der Waals surface area contributed by atoms with Crippen molar-refractivity contribution in [3.05, 3.63) is 0 Å². The zero-order valence-corrected chi connectivity index (χ0v) is 10.1. The van der Waals surface area contributed by atoms with E-state index in [1.54, 1.807) is 0 Å². The largest absolute Gasteiger partial charge is 0.380 e. The predicted octanol–water partition coefficient (Wildman–Crippen LogP) is 2.41. The molecule has 1 aliphatic heterocycles. The minimum absolute atomic E-state index is 0.359. The third-order valence-electron chi connectivity index (χ3n) is 2.79. The molecule has 14 heavy (non-hydrogen) atoms. The second kappa shape index (κ2) is 5.94. The fourth-order valence-electron chi connectivity index (χ4n) is 1.75. The van der Waals surface area contributed by atoms with Crippen LogP contribution in [-0.4, -0.2) is 31.7 Å². The number of hydrogen-bond acceptors (Lipinski definition) is 2. The highest BCUT2D eigenvalue weighted by atomic mass is 35.5. The number of hydrogen-bond donors (Lipinski definition) is 1. The van der Waals surface area contributed by atoms with Gasteiger partial charge in [-0.3, -0.25) is 0 Å². The third-order valence-corrected chi connectivity index (χ3v) is 3.05. The monoisotopic (exact) mass is 219 g/mol. The summed E-state index contributed by atoms with van der Waals surface area (Å²) in [5.41, 5.74) is 0.359. The number of alkyl halides is 1. The van der Waals surface area contributed by atoms with Gasteiger partial charge in [0.1, 0.15) is 0 Å². The molecule has 0 aromatic rings. The third kappa shape index (κ3) is 4.63. The van der Waals surface area contributed by atoms with Gasteiger partial charge < -0.3 is 10.1 Å². The molecule has 1 aliphatic rings. The summed E-state index contributed by atoms with van der Waals surface area (Å²) < 4.78 is 5.32. The summed E-state index contributed by atoms with van der Waals surface area (Å²) in [5, 5.41) is 3.56. The molecule has 0 spiro atoms. The second-order valence-electron chi connectivity index (χ2n) is 4.90.